The van der Waals surface area contributed by atoms with Crippen LogP contribution in [0, 0.1) is 17.7 Å². The van der Waals surface area contributed by atoms with Gasteiger partial charge < -0.3 is 10.6 Å². The minimum Gasteiger partial charge on any atom is -0.325 e. The van der Waals surface area contributed by atoms with Crippen molar-refractivity contribution in [2.75, 3.05) is 43.4 Å². The summed E-state index contributed by atoms with van der Waals surface area (Å²) in [5.74, 6) is 3.53. The quantitative estimate of drug-likeness (QED) is 0.111. The lowest BCUT2D eigenvalue weighted by atomic mass is 9.55. The van der Waals surface area contributed by atoms with Crippen LogP contribution in [0.3, 0.4) is 0 Å². The Kier molecular flexibility index (Phi) is 11.6. The summed E-state index contributed by atoms with van der Waals surface area (Å²) >= 11 is 12.8. The van der Waals surface area contributed by atoms with Crippen molar-refractivity contribution in [2.24, 2.45) is 7.05 Å². The van der Waals surface area contributed by atoms with Crippen LogP contribution in [-0.4, -0.2) is 86.9 Å². The average Bonchev–Trinajstić information content (AvgIpc) is 3.86. The number of amides is 4. The number of halogens is 3. The number of benzene rings is 4. The smallest absolute Gasteiger partial charge is 0.325 e. The Balaban J connectivity index is 0.795. The van der Waals surface area contributed by atoms with Crippen LogP contribution in [-0.2, 0) is 38.2 Å². The standard InChI is InChI=1S/C50H49Cl2FN8O5/c1-58-40-27-30(12-17-38(40)61(48(58)66)39-18-19-41(62)56-45(39)63)7-6-22-59-23-25-60(26-24-59)29-31-10-14-33(15-11-31)54-46(64)44-42(34-8-5-9-36(52)43(34)53)50(49(57-44)20-3-2-4-21-49)35-16-13-32(51)28-37(35)55-47(50)65/h5,8-17,27-28,39,42,44,57H,2-4,18-26,29H2,1H3,(H,54,64)(H,55,65)(H,56,62,63)/t39?,42-,44+,50+/m0/s1. The molecule has 10 rings (SSSR count). The number of fused-ring (bicyclic) bond motifs is 4. The molecule has 340 valence electrons. The van der Waals surface area contributed by atoms with Gasteiger partial charge in [-0.25, -0.2) is 9.18 Å². The Morgan fingerprint density at radius 2 is 1.64 bits per heavy atom. The fourth-order valence-corrected chi connectivity index (χ4v) is 11.8. The molecule has 1 unspecified atom stereocenters. The van der Waals surface area contributed by atoms with E-state index in [0.29, 0.717) is 52.4 Å². The van der Waals surface area contributed by atoms with E-state index < -0.39 is 40.7 Å². The number of anilines is 2. The van der Waals surface area contributed by atoms with Crippen LogP contribution in [0.25, 0.3) is 11.0 Å². The number of carbonyl (C=O) groups is 4. The van der Waals surface area contributed by atoms with Crippen molar-refractivity contribution in [2.45, 2.75) is 80.4 Å². The molecule has 2 spiro atoms. The van der Waals surface area contributed by atoms with Crippen LogP contribution in [0.2, 0.25) is 10.0 Å². The fourth-order valence-electron chi connectivity index (χ4n) is 11.4. The molecular weight excluding hydrogens is 883 g/mol. The van der Waals surface area contributed by atoms with Crippen LogP contribution in [0.5, 0.6) is 0 Å². The third kappa shape index (κ3) is 7.51. The minimum absolute atomic E-state index is 0.0738. The van der Waals surface area contributed by atoms with Crippen LogP contribution in [0.15, 0.2) is 83.7 Å². The van der Waals surface area contributed by atoms with Crippen molar-refractivity contribution in [3.63, 3.8) is 0 Å². The van der Waals surface area contributed by atoms with Crippen LogP contribution >= 0.6 is 23.2 Å². The zero-order chi connectivity index (χ0) is 45.9. The van der Waals surface area contributed by atoms with E-state index in [1.807, 2.05) is 48.5 Å². The minimum atomic E-state index is -1.31. The molecule has 4 N–H and O–H groups in total. The van der Waals surface area contributed by atoms with Gasteiger partial charge in [-0.15, -0.1) is 0 Å². The molecule has 1 saturated carbocycles. The van der Waals surface area contributed by atoms with Crippen LogP contribution in [0.4, 0.5) is 15.8 Å². The van der Waals surface area contributed by atoms with Crippen molar-refractivity contribution in [1.29, 1.82) is 0 Å². The van der Waals surface area contributed by atoms with E-state index in [0.717, 1.165) is 63.1 Å². The first kappa shape index (κ1) is 44.0. The Labute approximate surface area is 391 Å². The van der Waals surface area contributed by atoms with E-state index in [4.69, 9.17) is 23.2 Å². The third-order valence-corrected chi connectivity index (χ3v) is 15.1. The lowest BCUT2D eigenvalue weighted by Crippen LogP contribution is -2.60. The van der Waals surface area contributed by atoms with Gasteiger partial charge in [0.1, 0.15) is 17.3 Å². The van der Waals surface area contributed by atoms with Gasteiger partial charge in [0.25, 0.3) is 0 Å². The third-order valence-electron chi connectivity index (χ3n) is 14.5. The summed E-state index contributed by atoms with van der Waals surface area (Å²) < 4.78 is 19.3. The second-order valence-electron chi connectivity index (χ2n) is 18.3. The topological polar surface area (TPSA) is 150 Å². The van der Waals surface area contributed by atoms with Gasteiger partial charge in [-0.1, -0.05) is 84.6 Å². The maximum atomic E-state index is 16.3. The highest BCUT2D eigenvalue weighted by Gasteiger charge is 2.72. The summed E-state index contributed by atoms with van der Waals surface area (Å²) in [5, 5.41) is 12.6. The van der Waals surface area contributed by atoms with Gasteiger partial charge in [0.05, 0.1) is 28.6 Å². The number of hydrogen-bond donors (Lipinski definition) is 4. The predicted molar refractivity (Wildman–Crippen MR) is 251 cm³/mol. The second kappa shape index (κ2) is 17.4. The molecule has 4 aliphatic heterocycles. The number of piperidine rings is 1. The van der Waals surface area contributed by atoms with Gasteiger partial charge in [0.2, 0.25) is 23.6 Å². The van der Waals surface area contributed by atoms with E-state index >= 15 is 4.39 Å². The monoisotopic (exact) mass is 930 g/mol. The zero-order valence-corrected chi connectivity index (χ0v) is 37.9. The Hall–Kier alpha value is -5.82. The number of carbonyl (C=O) groups excluding carboxylic acids is 4. The number of aromatic nitrogens is 2. The lowest BCUT2D eigenvalue weighted by Gasteiger charge is -2.47. The van der Waals surface area contributed by atoms with Crippen LogP contribution < -0.4 is 27.0 Å². The molecule has 3 saturated heterocycles. The van der Waals surface area contributed by atoms with E-state index in [1.54, 1.807) is 31.3 Å². The van der Waals surface area contributed by atoms with Gasteiger partial charge in [0, 0.05) is 79.6 Å². The number of nitrogens with one attached hydrogen (secondary N) is 4. The number of piperazine rings is 1. The molecular formula is C50H49Cl2FN8O5. The lowest BCUT2D eigenvalue weighted by molar-refractivity contribution is -0.135. The summed E-state index contributed by atoms with van der Waals surface area (Å²) in [7, 11) is 1.67. The molecule has 5 heterocycles. The van der Waals surface area contributed by atoms with Crippen LogP contribution in [0.1, 0.15) is 79.2 Å². The first-order valence-corrected chi connectivity index (χ1v) is 23.3. The van der Waals surface area contributed by atoms with Gasteiger partial charge in [0.15, 0.2) is 0 Å². The van der Waals surface area contributed by atoms with Gasteiger partial charge in [-0.2, -0.15) is 0 Å². The molecule has 4 aromatic carbocycles. The van der Waals surface area contributed by atoms with Crippen molar-refractivity contribution in [3.8, 4) is 11.8 Å². The highest BCUT2D eigenvalue weighted by Crippen LogP contribution is 2.63. The molecule has 1 aliphatic carbocycles. The van der Waals surface area contributed by atoms with Crippen molar-refractivity contribution in [1.82, 2.24) is 29.6 Å². The number of aryl methyl sites for hydroxylation is 1. The van der Waals surface area contributed by atoms with Gasteiger partial charge >= 0.3 is 5.69 Å². The Morgan fingerprint density at radius 3 is 2.39 bits per heavy atom. The molecule has 4 amide bonds. The molecule has 66 heavy (non-hydrogen) atoms. The van der Waals surface area contributed by atoms with Crippen molar-refractivity contribution < 1.29 is 23.6 Å². The number of hydrogen-bond acceptors (Lipinski definition) is 8. The maximum absolute atomic E-state index is 16.3. The van der Waals surface area contributed by atoms with Crippen molar-refractivity contribution >= 4 is 69.2 Å². The molecule has 16 heteroatoms. The first-order valence-electron chi connectivity index (χ1n) is 22.6. The van der Waals surface area contributed by atoms with Crippen molar-refractivity contribution in [3.05, 3.63) is 127 Å². The normalized spacial score (nSPS) is 24.0. The zero-order valence-electron chi connectivity index (χ0n) is 36.4. The molecule has 5 aliphatic rings. The number of nitrogens with zero attached hydrogens (tertiary/aromatic N) is 4. The predicted octanol–water partition coefficient (Wildman–Crippen LogP) is 6.22. The summed E-state index contributed by atoms with van der Waals surface area (Å²) in [5.41, 5.74) is 2.78. The first-order chi connectivity index (χ1) is 31.9. The molecule has 4 fully saturated rings. The second-order valence-corrected chi connectivity index (χ2v) is 19.1. The maximum Gasteiger partial charge on any atom is 0.329 e. The SMILES string of the molecule is Cn1c(=O)n(C2CCC(=O)NC2=O)c2ccc(C#CCN3CCN(Cc4ccc(NC(=O)[C@@H]5NC6(CCCCC6)[C@@]6(C(=O)Nc7cc(Cl)ccc76)[C@H]5c5cccc(Cl)c5F)cc4)CC3)cc21. The molecule has 0 bridgehead atoms. The van der Waals surface area contributed by atoms with E-state index in [-0.39, 0.29) is 46.8 Å². The number of imide groups is 1. The number of rotatable bonds is 7. The Morgan fingerprint density at radius 1 is 0.879 bits per heavy atom. The molecule has 4 atom stereocenters. The van der Waals surface area contributed by atoms with E-state index in [1.165, 1.54) is 15.2 Å². The molecule has 13 nitrogen and oxygen atoms in total. The number of imidazole rings is 1. The summed E-state index contributed by atoms with van der Waals surface area (Å²) in [6.45, 7) is 4.70. The molecule has 5 aromatic rings. The highest BCUT2D eigenvalue weighted by molar-refractivity contribution is 6.31. The largest absolute Gasteiger partial charge is 0.329 e. The summed E-state index contributed by atoms with van der Waals surface area (Å²) in [6.07, 6.45) is 4.43. The fraction of sp³-hybridized carbons (Fsp3) is 0.380. The average molecular weight is 932 g/mol. The molecule has 0 radical (unpaired) electrons. The van der Waals surface area contributed by atoms with Gasteiger partial charge in [-0.05, 0) is 84.5 Å². The summed E-state index contributed by atoms with van der Waals surface area (Å²) in [4.78, 5) is 71.4. The van der Waals surface area contributed by atoms with Gasteiger partial charge in [-0.3, -0.25) is 48.7 Å². The molecule has 1 aromatic heterocycles. The Bertz CT molecular complexity index is 2930. The van der Waals surface area contributed by atoms with E-state index in [9.17, 15) is 24.0 Å². The highest BCUT2D eigenvalue weighted by atomic mass is 35.5. The van der Waals surface area contributed by atoms with E-state index in [2.05, 4.69) is 42.9 Å². The summed E-state index contributed by atoms with van der Waals surface area (Å²) in [6, 6.07) is 21.7.